The summed E-state index contributed by atoms with van der Waals surface area (Å²) in [6.07, 6.45) is 0.825. The number of benzene rings is 3. The van der Waals surface area contributed by atoms with E-state index in [4.69, 9.17) is 10.4 Å². The molecule has 0 aliphatic carbocycles. The predicted molar refractivity (Wildman–Crippen MR) is 124 cm³/mol. The van der Waals surface area contributed by atoms with Crippen molar-refractivity contribution in [2.45, 2.75) is 26.3 Å². The van der Waals surface area contributed by atoms with Gasteiger partial charge in [0.25, 0.3) is 0 Å². The van der Waals surface area contributed by atoms with Gasteiger partial charge in [0.1, 0.15) is 0 Å². The van der Waals surface area contributed by atoms with E-state index in [2.05, 4.69) is 66.2 Å². The normalized spacial score (nSPS) is 15.6. The van der Waals surface area contributed by atoms with Gasteiger partial charge in [0, 0.05) is 25.2 Å². The maximum Gasteiger partial charge on any atom is 0.0991 e. The molecular weight excluding hydrogens is 368 g/mol. The maximum atomic E-state index is 9.08. The van der Waals surface area contributed by atoms with Crippen LogP contribution in [0.4, 0.5) is 11.4 Å². The number of hydrogen-bond acceptors (Lipinski definition) is 4. The minimum atomic E-state index is 0.142. The minimum absolute atomic E-state index is 0.142. The molecule has 0 unspecified atom stereocenters. The molecule has 0 saturated carbocycles. The van der Waals surface area contributed by atoms with E-state index >= 15 is 0 Å². The molecule has 1 aliphatic heterocycles. The third-order valence-corrected chi connectivity index (χ3v) is 5.68. The van der Waals surface area contributed by atoms with E-state index in [0.717, 1.165) is 36.5 Å². The van der Waals surface area contributed by atoms with Crippen LogP contribution >= 0.6 is 0 Å². The average Bonchev–Trinajstić information content (AvgIpc) is 3.26. The van der Waals surface area contributed by atoms with Gasteiger partial charge in [0.05, 0.1) is 29.1 Å². The van der Waals surface area contributed by atoms with E-state index in [1.54, 1.807) is 0 Å². The largest absolute Gasteiger partial charge is 0.372 e. The molecule has 1 aliphatic rings. The number of hydrogen-bond donors (Lipinski definition) is 0. The molecule has 150 valence electrons. The molecule has 3 aromatic carbocycles. The number of nitrogens with zero attached hydrogens (tertiary/aromatic N) is 4. The molecule has 0 N–H and O–H groups in total. The van der Waals surface area contributed by atoms with Crippen LogP contribution in [-0.2, 0) is 0 Å². The van der Waals surface area contributed by atoms with Crippen molar-refractivity contribution in [2.75, 3.05) is 23.0 Å². The fraction of sp³-hybridized carbons (Fsp3) is 0.231. The molecule has 0 aromatic heterocycles. The molecule has 0 fully saturated rings. The number of anilines is 2. The first kappa shape index (κ1) is 19.7. The molecule has 0 spiro atoms. The van der Waals surface area contributed by atoms with Crippen LogP contribution in [0, 0.1) is 11.3 Å². The Morgan fingerprint density at radius 3 is 2.20 bits per heavy atom. The molecule has 0 bridgehead atoms. The van der Waals surface area contributed by atoms with Gasteiger partial charge < -0.3 is 4.90 Å². The van der Waals surface area contributed by atoms with Crippen molar-refractivity contribution in [3.8, 4) is 6.07 Å². The summed E-state index contributed by atoms with van der Waals surface area (Å²) < 4.78 is 0. The van der Waals surface area contributed by atoms with Gasteiger partial charge in [-0.05, 0) is 61.4 Å². The second kappa shape index (κ2) is 8.84. The molecule has 0 radical (unpaired) electrons. The number of nitriles is 1. The minimum Gasteiger partial charge on any atom is -0.372 e. The lowest BCUT2D eigenvalue weighted by atomic mass is 9.97. The SMILES string of the molecule is CCN(CC)c1ccc([C@@H]2CC(c3ccc(C#N)cc3)=NN2c2ccccc2)cc1. The van der Waals surface area contributed by atoms with Crippen LogP contribution in [-0.4, -0.2) is 18.8 Å². The third-order valence-electron chi connectivity index (χ3n) is 5.68. The first-order valence-electron chi connectivity index (χ1n) is 10.5. The lowest BCUT2D eigenvalue weighted by molar-refractivity contribution is 0.708. The number of para-hydroxylation sites is 1. The van der Waals surface area contributed by atoms with Gasteiger partial charge in [-0.25, -0.2) is 0 Å². The van der Waals surface area contributed by atoms with Gasteiger partial charge in [-0.1, -0.05) is 42.5 Å². The Balaban J connectivity index is 1.67. The monoisotopic (exact) mass is 394 g/mol. The summed E-state index contributed by atoms with van der Waals surface area (Å²) in [5.74, 6) is 0. The highest BCUT2D eigenvalue weighted by Crippen LogP contribution is 2.37. The van der Waals surface area contributed by atoms with Crippen LogP contribution in [0.5, 0.6) is 0 Å². The van der Waals surface area contributed by atoms with Gasteiger partial charge >= 0.3 is 0 Å². The molecule has 3 aromatic rings. The molecule has 0 amide bonds. The quantitative estimate of drug-likeness (QED) is 0.534. The Bertz CT molecular complexity index is 1040. The van der Waals surface area contributed by atoms with Crippen LogP contribution in [0.25, 0.3) is 0 Å². The fourth-order valence-corrected chi connectivity index (χ4v) is 4.00. The highest BCUT2D eigenvalue weighted by molar-refractivity contribution is 6.03. The molecule has 1 heterocycles. The summed E-state index contributed by atoms with van der Waals surface area (Å²) in [4.78, 5) is 2.35. The van der Waals surface area contributed by atoms with Crippen molar-refractivity contribution in [3.05, 3.63) is 95.6 Å². The lowest BCUT2D eigenvalue weighted by Gasteiger charge is -2.25. The molecule has 4 rings (SSSR count). The average molecular weight is 395 g/mol. The Labute approximate surface area is 178 Å². The van der Waals surface area contributed by atoms with Crippen LogP contribution in [0.15, 0.2) is 84.0 Å². The van der Waals surface area contributed by atoms with E-state index in [0.29, 0.717) is 5.56 Å². The zero-order valence-electron chi connectivity index (χ0n) is 17.5. The zero-order valence-corrected chi connectivity index (χ0v) is 17.5. The van der Waals surface area contributed by atoms with Crippen LogP contribution < -0.4 is 9.91 Å². The summed E-state index contributed by atoms with van der Waals surface area (Å²) in [5, 5.41) is 16.2. The topological polar surface area (TPSA) is 42.6 Å². The van der Waals surface area contributed by atoms with Crippen LogP contribution in [0.3, 0.4) is 0 Å². The van der Waals surface area contributed by atoms with E-state index < -0.39 is 0 Å². The van der Waals surface area contributed by atoms with Gasteiger partial charge in [-0.3, -0.25) is 5.01 Å². The van der Waals surface area contributed by atoms with Crippen LogP contribution in [0.1, 0.15) is 43.0 Å². The highest BCUT2D eigenvalue weighted by atomic mass is 15.5. The van der Waals surface area contributed by atoms with E-state index in [-0.39, 0.29) is 6.04 Å². The Kier molecular flexibility index (Phi) is 5.81. The van der Waals surface area contributed by atoms with Crippen LogP contribution in [0.2, 0.25) is 0 Å². The molecule has 1 atom stereocenters. The summed E-state index contributed by atoms with van der Waals surface area (Å²) in [5.41, 5.74) is 6.36. The molecule has 4 nitrogen and oxygen atoms in total. The number of rotatable bonds is 6. The first-order chi connectivity index (χ1) is 14.7. The van der Waals surface area contributed by atoms with Crippen molar-refractivity contribution in [1.82, 2.24) is 0 Å². The van der Waals surface area contributed by atoms with Gasteiger partial charge in [-0.15, -0.1) is 0 Å². The zero-order chi connectivity index (χ0) is 20.9. The summed E-state index contributed by atoms with van der Waals surface area (Å²) in [7, 11) is 0. The van der Waals surface area contributed by atoms with E-state index in [1.165, 1.54) is 11.3 Å². The predicted octanol–water partition coefficient (Wildman–Crippen LogP) is 5.76. The molecule has 0 saturated heterocycles. The van der Waals surface area contributed by atoms with Crippen molar-refractivity contribution < 1.29 is 0 Å². The molecular formula is C26H26N4. The van der Waals surface area contributed by atoms with Gasteiger partial charge in [0.2, 0.25) is 0 Å². The number of hydrazone groups is 1. The molecule has 30 heavy (non-hydrogen) atoms. The highest BCUT2D eigenvalue weighted by Gasteiger charge is 2.29. The Morgan fingerprint density at radius 1 is 0.933 bits per heavy atom. The fourth-order valence-electron chi connectivity index (χ4n) is 4.00. The standard InChI is InChI=1S/C26H26N4/c1-3-29(4-2)23-16-14-22(15-17-23)26-18-25(21-12-10-20(19-27)11-13-21)28-30(26)24-8-6-5-7-9-24/h5-17,26H,3-4,18H2,1-2H3/t26-/m0/s1. The van der Waals surface area contributed by atoms with Crippen molar-refractivity contribution in [1.29, 1.82) is 5.26 Å². The van der Waals surface area contributed by atoms with Gasteiger partial charge in [-0.2, -0.15) is 10.4 Å². The van der Waals surface area contributed by atoms with Crippen molar-refractivity contribution >= 4 is 17.1 Å². The van der Waals surface area contributed by atoms with Crippen molar-refractivity contribution in [2.24, 2.45) is 5.10 Å². The smallest absolute Gasteiger partial charge is 0.0991 e. The molecule has 4 heteroatoms. The second-order valence-electron chi connectivity index (χ2n) is 7.40. The van der Waals surface area contributed by atoms with Crippen molar-refractivity contribution in [3.63, 3.8) is 0 Å². The van der Waals surface area contributed by atoms with Gasteiger partial charge in [0.15, 0.2) is 0 Å². The first-order valence-corrected chi connectivity index (χ1v) is 10.5. The van der Waals surface area contributed by atoms with E-state index in [9.17, 15) is 0 Å². The maximum absolute atomic E-state index is 9.08. The Hall–Kier alpha value is -3.58. The lowest BCUT2D eigenvalue weighted by Crippen LogP contribution is -2.22. The Morgan fingerprint density at radius 2 is 1.60 bits per heavy atom. The summed E-state index contributed by atoms with van der Waals surface area (Å²) in [6, 6.07) is 29.2. The van der Waals surface area contributed by atoms with E-state index in [1.807, 2.05) is 42.5 Å². The third kappa shape index (κ3) is 3.92. The summed E-state index contributed by atoms with van der Waals surface area (Å²) in [6.45, 7) is 6.37. The summed E-state index contributed by atoms with van der Waals surface area (Å²) >= 11 is 0. The second-order valence-corrected chi connectivity index (χ2v) is 7.40.